The normalized spacial score (nSPS) is 14.0. The van der Waals surface area contributed by atoms with Crippen molar-refractivity contribution < 1.29 is 48.3 Å². The highest BCUT2D eigenvalue weighted by atomic mass is 16.3. The Morgan fingerprint density at radius 1 is 0.506 bits per heavy atom. The van der Waals surface area contributed by atoms with Crippen LogP contribution < -0.4 is 44.2 Å². The Morgan fingerprint density at radius 2 is 0.955 bits per heavy atom. The molecule has 1 aromatic heterocycles. The summed E-state index contributed by atoms with van der Waals surface area (Å²) < 4.78 is 0. The van der Waals surface area contributed by atoms with E-state index in [0.717, 1.165) is 25.7 Å². The maximum atomic E-state index is 14.5. The minimum atomic E-state index is -1.18. The molecular formula is C67H112N12O10. The number of phenolic OH excluding ortho intramolecular Hbond substituents is 1. The first-order valence-corrected chi connectivity index (χ1v) is 33.0. The number of benzene rings is 1. The lowest BCUT2D eigenvalue weighted by atomic mass is 9.87. The summed E-state index contributed by atoms with van der Waals surface area (Å²) in [4.78, 5) is 141. The van der Waals surface area contributed by atoms with Gasteiger partial charge < -0.3 is 54.3 Å². The van der Waals surface area contributed by atoms with Crippen molar-refractivity contribution in [2.45, 2.75) is 253 Å². The van der Waals surface area contributed by atoms with Crippen LogP contribution in [0.3, 0.4) is 0 Å². The number of carbonyl (C=O) groups is 9. The Morgan fingerprint density at radius 3 is 1.45 bits per heavy atom. The van der Waals surface area contributed by atoms with Crippen molar-refractivity contribution >= 4 is 64.5 Å². The van der Waals surface area contributed by atoms with Crippen LogP contribution in [0.1, 0.15) is 227 Å². The molecule has 0 saturated heterocycles. The molecule has 0 bridgehead atoms. The number of hydrogen-bond donors (Lipinski definition) is 10. The van der Waals surface area contributed by atoms with Crippen LogP contribution in [-0.2, 0) is 56.0 Å². The minimum absolute atomic E-state index is 0.00587. The Hall–Kier alpha value is -7.00. The van der Waals surface area contributed by atoms with Crippen LogP contribution in [0.4, 0.5) is 0 Å². The number of carbonyl (C=O) groups excluding carboxylic acids is 9. The zero-order chi connectivity index (χ0) is 66.3. The second kappa shape index (κ2) is 44.4. The Bertz CT molecular complexity index is 2510. The number of rotatable bonds is 51. The van der Waals surface area contributed by atoms with E-state index < -0.39 is 95.2 Å². The number of nitrogens with zero attached hydrogens (tertiary/aromatic N) is 3. The van der Waals surface area contributed by atoms with E-state index in [1.54, 1.807) is 32.2 Å². The Labute approximate surface area is 530 Å². The van der Waals surface area contributed by atoms with Gasteiger partial charge in [0.2, 0.25) is 23.6 Å². The molecule has 4 amide bonds. The molecule has 1 heterocycles. The summed E-state index contributed by atoms with van der Waals surface area (Å²) in [5.74, 6) is -7.75. The third-order valence-electron chi connectivity index (χ3n) is 16.2. The first-order chi connectivity index (χ1) is 42.3. The summed E-state index contributed by atoms with van der Waals surface area (Å²) in [6.45, 7) is 14.9. The topological polar surface area (TPSA) is 379 Å². The van der Waals surface area contributed by atoms with Crippen LogP contribution >= 0.6 is 0 Å². The van der Waals surface area contributed by atoms with Gasteiger partial charge in [-0.15, -0.1) is 0 Å². The van der Waals surface area contributed by atoms with Gasteiger partial charge in [0.05, 0.1) is 30.5 Å². The molecular weight excluding hydrogens is 1130 g/mol. The first kappa shape index (κ1) is 78.1. The number of amides is 4. The lowest BCUT2D eigenvalue weighted by Gasteiger charge is -2.26. The quantitative estimate of drug-likeness (QED) is 0.0171. The zero-order valence-corrected chi connectivity index (χ0v) is 55.0. The van der Waals surface area contributed by atoms with Gasteiger partial charge in [0.15, 0.2) is 35.1 Å². The third-order valence-corrected chi connectivity index (χ3v) is 16.2. The van der Waals surface area contributed by atoms with Gasteiger partial charge in [-0.3, -0.25) is 53.1 Å². The van der Waals surface area contributed by atoms with Gasteiger partial charge in [-0.25, -0.2) is 4.98 Å². The largest absolute Gasteiger partial charge is 0.508 e. The molecule has 22 heteroatoms. The standard InChI is InChI=1S/C67H112N12O10/c1-9-11-12-13-14-15-16-17-18-19-20-21-22-26-55(81)37-50(34-44(3)4)63(87)76-47(8)60(84)39-52(36-48-28-30-54(80)31-29-48)64(88)77-46(7)59(83)38-49(25-23-32-73-66(68)69)62(86)78-56(27-24-33-74-67(70)71)61(85)40-51(35-45(5)6)65(89)79-57(58(82)10-2)41-53-42-72-43-75-53/h28-31,42-47,49-52,56-57,80H,9-27,32-41H2,1-8H3,(H,72,75)(H,76,87)(H,77,88)(H,78,86)(H,79,89)(H4,68,69,73)(H4,70,71,74)/t46-,47-,49+,50+,51+,52+,56-,57-/m0/s1. The van der Waals surface area contributed by atoms with Crippen molar-refractivity contribution in [2.75, 3.05) is 13.1 Å². The van der Waals surface area contributed by atoms with E-state index in [-0.39, 0.29) is 125 Å². The average Bonchev–Trinajstić information content (AvgIpc) is 2.85. The van der Waals surface area contributed by atoms with Crippen LogP contribution in [0.5, 0.6) is 5.75 Å². The van der Waals surface area contributed by atoms with E-state index in [2.05, 4.69) is 48.1 Å². The smallest absolute Gasteiger partial charge is 0.224 e. The number of nitrogens with two attached hydrogens (primary N) is 4. The Kier molecular flexibility index (Phi) is 39.0. The van der Waals surface area contributed by atoms with E-state index in [1.165, 1.54) is 83.2 Å². The van der Waals surface area contributed by atoms with Crippen molar-refractivity contribution in [1.29, 1.82) is 0 Å². The fraction of sp³-hybridized carbons (Fsp3) is 0.701. The van der Waals surface area contributed by atoms with E-state index >= 15 is 0 Å². The fourth-order valence-electron chi connectivity index (χ4n) is 11.0. The number of ketones is 5. The number of H-pyrrole nitrogens is 1. The molecule has 0 unspecified atom stereocenters. The van der Waals surface area contributed by atoms with Gasteiger partial charge in [0, 0.05) is 93.6 Å². The lowest BCUT2D eigenvalue weighted by Crippen LogP contribution is -2.48. The third kappa shape index (κ3) is 34.5. The zero-order valence-electron chi connectivity index (χ0n) is 55.0. The number of aromatic amines is 1. The van der Waals surface area contributed by atoms with Gasteiger partial charge in [0.25, 0.3) is 0 Å². The molecule has 500 valence electrons. The second-order valence-corrected chi connectivity index (χ2v) is 25.2. The Balaban J connectivity index is 2.28. The van der Waals surface area contributed by atoms with E-state index in [0.29, 0.717) is 24.1 Å². The number of hydrogen-bond acceptors (Lipinski definition) is 13. The number of nitrogens with one attached hydrogen (secondary N) is 5. The number of unbranched alkanes of at least 4 members (excludes halogenated alkanes) is 12. The van der Waals surface area contributed by atoms with E-state index in [4.69, 9.17) is 22.9 Å². The summed E-state index contributed by atoms with van der Waals surface area (Å²) in [5.41, 5.74) is 23.6. The maximum absolute atomic E-state index is 14.5. The SMILES string of the molecule is CCCCCCCCCCCCCCCC(=O)C[C@@H](CC(C)C)C(=O)N[C@@H](C)C(=O)C[C@@H](Cc1ccc(O)cc1)C(=O)N[C@@H](C)C(=O)C[C@@H](CCCN=C(N)N)C(=O)N[C@@H](CCCN=C(N)N)C(=O)C[C@@H](CC(C)C)C(=O)N[C@@H](Cc1cnc[nH]1)C(=O)CC. The molecule has 8 atom stereocenters. The van der Waals surface area contributed by atoms with Crippen molar-refractivity contribution in [3.63, 3.8) is 0 Å². The summed E-state index contributed by atoms with van der Waals surface area (Å²) in [6.07, 6.45) is 19.8. The molecule has 0 radical (unpaired) electrons. The molecule has 2 rings (SSSR count). The fourth-order valence-corrected chi connectivity index (χ4v) is 11.0. The van der Waals surface area contributed by atoms with E-state index in [9.17, 15) is 48.3 Å². The highest BCUT2D eigenvalue weighted by Crippen LogP contribution is 2.24. The monoisotopic (exact) mass is 1240 g/mol. The van der Waals surface area contributed by atoms with Crippen molar-refractivity contribution in [2.24, 2.45) is 68.4 Å². The molecule has 1 aromatic carbocycles. The van der Waals surface area contributed by atoms with Crippen LogP contribution in [-0.4, -0.2) is 117 Å². The molecule has 0 saturated carbocycles. The van der Waals surface area contributed by atoms with E-state index in [1.807, 2.05) is 27.7 Å². The summed E-state index contributed by atoms with van der Waals surface area (Å²) in [7, 11) is 0. The lowest BCUT2D eigenvalue weighted by molar-refractivity contribution is -0.136. The molecule has 89 heavy (non-hydrogen) atoms. The molecule has 0 spiro atoms. The van der Waals surface area contributed by atoms with Gasteiger partial charge in [-0.1, -0.05) is 131 Å². The van der Waals surface area contributed by atoms with Crippen molar-refractivity contribution in [1.82, 2.24) is 31.2 Å². The maximum Gasteiger partial charge on any atom is 0.224 e. The van der Waals surface area contributed by atoms with Gasteiger partial charge in [0.1, 0.15) is 11.5 Å². The molecule has 2 aromatic rings. The number of aliphatic imine (C=N–C) groups is 2. The summed E-state index contributed by atoms with van der Waals surface area (Å²) >= 11 is 0. The highest BCUT2D eigenvalue weighted by molar-refractivity contribution is 5.98. The number of phenols is 1. The number of guanidine groups is 2. The number of aromatic hydroxyl groups is 1. The van der Waals surface area contributed by atoms with Crippen LogP contribution in [0.15, 0.2) is 46.8 Å². The van der Waals surface area contributed by atoms with Crippen LogP contribution in [0.25, 0.3) is 0 Å². The van der Waals surface area contributed by atoms with Crippen LogP contribution in [0, 0.1) is 35.5 Å². The van der Waals surface area contributed by atoms with Crippen molar-refractivity contribution in [3.8, 4) is 5.75 Å². The summed E-state index contributed by atoms with van der Waals surface area (Å²) in [6, 6.07) is 1.90. The molecule has 22 nitrogen and oxygen atoms in total. The van der Waals surface area contributed by atoms with Crippen molar-refractivity contribution in [3.05, 3.63) is 48.0 Å². The number of Topliss-reactive ketones (excluding diaryl/α,β-unsaturated/α-hetero) is 5. The summed E-state index contributed by atoms with van der Waals surface area (Å²) in [5, 5.41) is 21.4. The molecule has 0 aliphatic rings. The number of imidazole rings is 1. The predicted octanol–water partition coefficient (Wildman–Crippen LogP) is 7.84. The average molecular weight is 1250 g/mol. The van der Waals surface area contributed by atoms with Gasteiger partial charge in [-0.2, -0.15) is 0 Å². The van der Waals surface area contributed by atoms with Crippen LogP contribution in [0.2, 0.25) is 0 Å². The molecule has 14 N–H and O–H groups in total. The first-order valence-electron chi connectivity index (χ1n) is 33.0. The minimum Gasteiger partial charge on any atom is -0.508 e. The highest BCUT2D eigenvalue weighted by Gasteiger charge is 2.35. The molecule has 0 fully saturated rings. The second-order valence-electron chi connectivity index (χ2n) is 25.2. The molecule has 0 aliphatic heterocycles. The predicted molar refractivity (Wildman–Crippen MR) is 350 cm³/mol. The van der Waals surface area contributed by atoms with Gasteiger partial charge in [-0.05, 0) is 94.7 Å². The molecule has 0 aliphatic carbocycles. The number of aromatic nitrogens is 2. The van der Waals surface area contributed by atoms with Gasteiger partial charge >= 0.3 is 0 Å².